The lowest BCUT2D eigenvalue weighted by molar-refractivity contribution is -0.141. The maximum absolute atomic E-state index is 12.3. The van der Waals surface area contributed by atoms with Gasteiger partial charge in [0.1, 0.15) is 6.34 Å². The number of anilines is 2. The fourth-order valence-corrected chi connectivity index (χ4v) is 2.23. The lowest BCUT2D eigenvalue weighted by atomic mass is 10.0. The molecule has 2 aromatic carbocycles. The SMILES string of the molecule is CC(Cc1ccc(NC(=O)c2cccc(NC=NN)c2)cc1)C(=O)O. The van der Waals surface area contributed by atoms with Gasteiger partial charge in [0.15, 0.2) is 0 Å². The second kappa shape index (κ2) is 8.49. The molecule has 0 bridgehead atoms. The van der Waals surface area contributed by atoms with Crippen molar-refractivity contribution in [3.05, 3.63) is 59.7 Å². The van der Waals surface area contributed by atoms with E-state index in [1.807, 2.05) is 12.1 Å². The maximum Gasteiger partial charge on any atom is 0.306 e. The van der Waals surface area contributed by atoms with Gasteiger partial charge in [-0.25, -0.2) is 0 Å². The molecule has 25 heavy (non-hydrogen) atoms. The van der Waals surface area contributed by atoms with Crippen molar-refractivity contribution >= 4 is 29.6 Å². The summed E-state index contributed by atoms with van der Waals surface area (Å²) in [4.78, 5) is 23.2. The number of amides is 1. The number of benzene rings is 2. The summed E-state index contributed by atoms with van der Waals surface area (Å²) in [6.45, 7) is 1.66. The number of carboxylic acid groups (broad SMARTS) is 1. The first-order valence-electron chi connectivity index (χ1n) is 7.71. The third kappa shape index (κ3) is 5.35. The Morgan fingerprint density at radius 3 is 2.56 bits per heavy atom. The van der Waals surface area contributed by atoms with Crippen LogP contribution in [0.1, 0.15) is 22.8 Å². The number of carboxylic acids is 1. The van der Waals surface area contributed by atoms with E-state index in [9.17, 15) is 9.59 Å². The average molecular weight is 340 g/mol. The van der Waals surface area contributed by atoms with Gasteiger partial charge in [-0.1, -0.05) is 25.1 Å². The van der Waals surface area contributed by atoms with Crippen molar-refractivity contribution in [1.29, 1.82) is 0 Å². The van der Waals surface area contributed by atoms with Crippen LogP contribution in [0.4, 0.5) is 11.4 Å². The van der Waals surface area contributed by atoms with E-state index >= 15 is 0 Å². The van der Waals surface area contributed by atoms with Crippen molar-refractivity contribution in [1.82, 2.24) is 0 Å². The molecule has 1 amide bonds. The first-order chi connectivity index (χ1) is 12.0. The molecule has 1 unspecified atom stereocenters. The fraction of sp³-hybridized carbons (Fsp3) is 0.167. The molecule has 2 rings (SSSR count). The van der Waals surface area contributed by atoms with Gasteiger partial charge in [-0.2, -0.15) is 5.10 Å². The van der Waals surface area contributed by atoms with Crippen LogP contribution in [0.5, 0.6) is 0 Å². The van der Waals surface area contributed by atoms with Crippen LogP contribution in [-0.2, 0) is 11.2 Å². The lowest BCUT2D eigenvalue weighted by Crippen LogP contribution is -2.13. The standard InChI is InChI=1S/C18H20N4O3/c1-12(18(24)25)9-13-5-7-15(8-6-13)22-17(23)14-3-2-4-16(10-14)20-11-21-19/h2-8,10-12H,9,19H2,1H3,(H,20,21)(H,22,23)(H,24,25). The maximum atomic E-state index is 12.3. The van der Waals surface area contributed by atoms with Gasteiger partial charge >= 0.3 is 5.97 Å². The van der Waals surface area contributed by atoms with E-state index in [-0.39, 0.29) is 5.91 Å². The molecule has 0 aliphatic carbocycles. The van der Waals surface area contributed by atoms with Crippen LogP contribution in [0.2, 0.25) is 0 Å². The van der Waals surface area contributed by atoms with Crippen molar-refractivity contribution in [2.24, 2.45) is 16.9 Å². The molecule has 0 aliphatic heterocycles. The summed E-state index contributed by atoms with van der Waals surface area (Å²) in [7, 11) is 0. The Kier molecular flexibility index (Phi) is 6.11. The molecule has 0 saturated heterocycles. The van der Waals surface area contributed by atoms with Crippen molar-refractivity contribution in [2.75, 3.05) is 10.6 Å². The lowest BCUT2D eigenvalue weighted by Gasteiger charge is -2.09. The number of hydrogen-bond donors (Lipinski definition) is 4. The Morgan fingerprint density at radius 2 is 1.92 bits per heavy atom. The summed E-state index contributed by atoms with van der Waals surface area (Å²) in [5, 5.41) is 17.9. The number of carbonyl (C=O) groups is 2. The third-order valence-corrected chi connectivity index (χ3v) is 3.61. The zero-order valence-electron chi connectivity index (χ0n) is 13.8. The van der Waals surface area contributed by atoms with Crippen LogP contribution in [-0.4, -0.2) is 23.3 Å². The molecule has 0 spiro atoms. The molecule has 7 heteroatoms. The highest BCUT2D eigenvalue weighted by Gasteiger charge is 2.12. The monoisotopic (exact) mass is 340 g/mol. The topological polar surface area (TPSA) is 117 Å². The van der Waals surface area contributed by atoms with E-state index in [2.05, 4.69) is 15.7 Å². The fourth-order valence-electron chi connectivity index (χ4n) is 2.23. The number of hydrazone groups is 1. The minimum Gasteiger partial charge on any atom is -0.481 e. The van der Waals surface area contributed by atoms with Crippen LogP contribution < -0.4 is 16.5 Å². The second-order valence-corrected chi connectivity index (χ2v) is 5.60. The number of nitrogens with zero attached hydrogens (tertiary/aromatic N) is 1. The van der Waals surface area contributed by atoms with E-state index in [4.69, 9.17) is 10.9 Å². The van der Waals surface area contributed by atoms with Gasteiger partial charge in [-0.3, -0.25) is 9.59 Å². The highest BCUT2D eigenvalue weighted by atomic mass is 16.4. The van der Waals surface area contributed by atoms with E-state index < -0.39 is 11.9 Å². The second-order valence-electron chi connectivity index (χ2n) is 5.60. The highest BCUT2D eigenvalue weighted by Crippen LogP contribution is 2.16. The molecular weight excluding hydrogens is 320 g/mol. The van der Waals surface area contributed by atoms with E-state index in [0.29, 0.717) is 23.4 Å². The van der Waals surface area contributed by atoms with Gasteiger partial charge in [0.2, 0.25) is 0 Å². The molecule has 0 fully saturated rings. The molecule has 0 radical (unpaired) electrons. The summed E-state index contributed by atoms with van der Waals surface area (Å²) in [6, 6.07) is 14.0. The molecule has 2 aromatic rings. The number of nitrogens with two attached hydrogens (primary N) is 1. The first kappa shape index (κ1) is 18.0. The molecular formula is C18H20N4O3. The Balaban J connectivity index is 2.02. The van der Waals surface area contributed by atoms with Crippen LogP contribution in [0, 0.1) is 5.92 Å². The molecule has 0 saturated carbocycles. The van der Waals surface area contributed by atoms with Crippen LogP contribution in [0.25, 0.3) is 0 Å². The quantitative estimate of drug-likeness (QED) is 0.267. The van der Waals surface area contributed by atoms with Crippen molar-refractivity contribution in [2.45, 2.75) is 13.3 Å². The molecule has 7 nitrogen and oxygen atoms in total. The van der Waals surface area contributed by atoms with Crippen molar-refractivity contribution in [3.63, 3.8) is 0 Å². The third-order valence-electron chi connectivity index (χ3n) is 3.61. The first-order valence-corrected chi connectivity index (χ1v) is 7.71. The minimum atomic E-state index is -0.828. The van der Waals surface area contributed by atoms with E-state index in [1.165, 1.54) is 6.34 Å². The number of nitrogens with one attached hydrogen (secondary N) is 2. The van der Waals surface area contributed by atoms with E-state index in [1.54, 1.807) is 43.3 Å². The van der Waals surface area contributed by atoms with Crippen LogP contribution in [0.3, 0.4) is 0 Å². The highest BCUT2D eigenvalue weighted by molar-refractivity contribution is 6.05. The van der Waals surface area contributed by atoms with Crippen LogP contribution in [0.15, 0.2) is 53.6 Å². The van der Waals surface area contributed by atoms with Gasteiger partial charge in [-0.05, 0) is 42.3 Å². The normalized spacial score (nSPS) is 11.9. The van der Waals surface area contributed by atoms with Gasteiger partial charge in [-0.15, -0.1) is 0 Å². The summed E-state index contributed by atoms with van der Waals surface area (Å²) >= 11 is 0. The summed E-state index contributed by atoms with van der Waals surface area (Å²) < 4.78 is 0. The molecule has 0 aromatic heterocycles. The molecule has 130 valence electrons. The zero-order chi connectivity index (χ0) is 18.2. The van der Waals surface area contributed by atoms with Gasteiger partial charge in [0.25, 0.3) is 5.91 Å². The summed E-state index contributed by atoms with van der Waals surface area (Å²) in [5.74, 6) is 3.50. The largest absolute Gasteiger partial charge is 0.481 e. The smallest absolute Gasteiger partial charge is 0.306 e. The van der Waals surface area contributed by atoms with Crippen molar-refractivity contribution < 1.29 is 14.7 Å². The summed E-state index contributed by atoms with van der Waals surface area (Å²) in [5.41, 5.74) is 2.72. The van der Waals surface area contributed by atoms with Crippen LogP contribution >= 0.6 is 0 Å². The number of aliphatic carboxylic acids is 1. The Morgan fingerprint density at radius 1 is 1.20 bits per heavy atom. The van der Waals surface area contributed by atoms with Crippen molar-refractivity contribution in [3.8, 4) is 0 Å². The molecule has 1 atom stereocenters. The van der Waals surface area contributed by atoms with Gasteiger partial charge in [0.05, 0.1) is 5.92 Å². The predicted molar refractivity (Wildman–Crippen MR) is 97.6 cm³/mol. The van der Waals surface area contributed by atoms with Gasteiger partial charge < -0.3 is 21.6 Å². The number of rotatable bonds is 7. The summed E-state index contributed by atoms with van der Waals surface area (Å²) in [6.07, 6.45) is 1.77. The Hall–Kier alpha value is -3.35. The minimum absolute atomic E-state index is 0.250. The zero-order valence-corrected chi connectivity index (χ0v) is 13.8. The van der Waals surface area contributed by atoms with E-state index in [0.717, 1.165) is 5.56 Å². The average Bonchev–Trinajstić information content (AvgIpc) is 2.61. The Labute approximate surface area is 145 Å². The van der Waals surface area contributed by atoms with Gasteiger partial charge in [0, 0.05) is 16.9 Å². The number of carbonyl (C=O) groups excluding carboxylic acids is 1. The molecule has 0 aliphatic rings. The Bertz CT molecular complexity index is 772. The molecule has 5 N–H and O–H groups in total. The predicted octanol–water partition coefficient (Wildman–Crippen LogP) is 2.52. The number of hydrogen-bond acceptors (Lipinski definition) is 4. The molecule has 0 heterocycles.